The van der Waals surface area contributed by atoms with Crippen molar-refractivity contribution in [2.24, 2.45) is 0 Å². The molecule has 31 heavy (non-hydrogen) atoms. The van der Waals surface area contributed by atoms with Crippen LogP contribution in [0.25, 0.3) is 0 Å². The summed E-state index contributed by atoms with van der Waals surface area (Å²) in [6, 6.07) is 13.0. The zero-order valence-corrected chi connectivity index (χ0v) is 19.5. The lowest BCUT2D eigenvalue weighted by molar-refractivity contribution is -0.128. The normalized spacial score (nSPS) is 16.1. The SMILES string of the molecule is CCN1CCN(S(=O)(=O)c2ccc(NC(=O)C(C)(C)Oc3ccc(Cl)cc3)cc2)CC1. The highest BCUT2D eigenvalue weighted by atomic mass is 35.5. The summed E-state index contributed by atoms with van der Waals surface area (Å²) in [5.41, 5.74) is -0.648. The van der Waals surface area contributed by atoms with Crippen molar-refractivity contribution >= 4 is 33.2 Å². The molecule has 1 aliphatic heterocycles. The standard InChI is InChI=1S/C22H28ClN3O4S/c1-4-25-13-15-26(16-14-25)31(28,29)20-11-7-18(8-12-20)24-21(27)22(2,3)30-19-9-5-17(23)6-10-19/h5-12H,4,13-16H2,1-3H3,(H,24,27). The topological polar surface area (TPSA) is 79.0 Å². The van der Waals surface area contributed by atoms with E-state index in [9.17, 15) is 13.2 Å². The minimum Gasteiger partial charge on any atom is -0.478 e. The van der Waals surface area contributed by atoms with Crippen LogP contribution in [0.5, 0.6) is 5.75 Å². The second-order valence-corrected chi connectivity index (χ2v) is 10.3. The molecule has 7 nitrogen and oxygen atoms in total. The van der Waals surface area contributed by atoms with Crippen molar-refractivity contribution in [3.63, 3.8) is 0 Å². The third-order valence-electron chi connectivity index (χ3n) is 5.26. The van der Waals surface area contributed by atoms with E-state index in [1.807, 2.05) is 0 Å². The molecule has 0 bridgehead atoms. The number of rotatable bonds is 7. The highest BCUT2D eigenvalue weighted by Crippen LogP contribution is 2.23. The van der Waals surface area contributed by atoms with Crippen molar-refractivity contribution in [3.05, 3.63) is 53.6 Å². The summed E-state index contributed by atoms with van der Waals surface area (Å²) in [6.45, 7) is 8.71. The molecule has 1 N–H and O–H groups in total. The molecule has 0 aromatic heterocycles. The van der Waals surface area contributed by atoms with Crippen LogP contribution in [0.1, 0.15) is 20.8 Å². The fraction of sp³-hybridized carbons (Fsp3) is 0.409. The van der Waals surface area contributed by atoms with Crippen LogP contribution in [-0.2, 0) is 14.8 Å². The predicted molar refractivity (Wildman–Crippen MR) is 122 cm³/mol. The molecule has 0 radical (unpaired) electrons. The second kappa shape index (κ2) is 9.56. The summed E-state index contributed by atoms with van der Waals surface area (Å²) >= 11 is 5.88. The maximum Gasteiger partial charge on any atom is 0.267 e. The van der Waals surface area contributed by atoms with E-state index in [4.69, 9.17) is 16.3 Å². The molecule has 9 heteroatoms. The Morgan fingerprint density at radius 2 is 1.61 bits per heavy atom. The first-order valence-corrected chi connectivity index (χ1v) is 12.0. The molecule has 1 saturated heterocycles. The quantitative estimate of drug-likeness (QED) is 0.677. The molecule has 0 atom stereocenters. The highest BCUT2D eigenvalue weighted by Gasteiger charge is 2.31. The molecule has 2 aromatic rings. The van der Waals surface area contributed by atoms with Gasteiger partial charge in [0.25, 0.3) is 5.91 Å². The van der Waals surface area contributed by atoms with E-state index in [2.05, 4.69) is 17.1 Å². The van der Waals surface area contributed by atoms with Crippen molar-refractivity contribution < 1.29 is 17.9 Å². The molecule has 0 aliphatic carbocycles. The number of likely N-dealkylation sites (N-methyl/N-ethyl adjacent to an activating group) is 1. The fourth-order valence-electron chi connectivity index (χ4n) is 3.27. The Morgan fingerprint density at radius 1 is 1.03 bits per heavy atom. The monoisotopic (exact) mass is 465 g/mol. The number of anilines is 1. The van der Waals surface area contributed by atoms with Crippen molar-refractivity contribution in [1.82, 2.24) is 9.21 Å². The van der Waals surface area contributed by atoms with E-state index in [-0.39, 0.29) is 10.8 Å². The van der Waals surface area contributed by atoms with Gasteiger partial charge in [0, 0.05) is 36.9 Å². The molecule has 1 amide bonds. The first-order valence-electron chi connectivity index (χ1n) is 10.2. The molecule has 0 saturated carbocycles. The Balaban J connectivity index is 1.64. The number of carbonyl (C=O) groups excluding carboxylic acids is 1. The first-order chi connectivity index (χ1) is 14.6. The Bertz CT molecular complexity index is 1000. The van der Waals surface area contributed by atoms with Gasteiger partial charge in [-0.25, -0.2) is 8.42 Å². The summed E-state index contributed by atoms with van der Waals surface area (Å²) in [4.78, 5) is 15.1. The van der Waals surface area contributed by atoms with Gasteiger partial charge in [0.1, 0.15) is 5.75 Å². The molecule has 3 rings (SSSR count). The van der Waals surface area contributed by atoms with Crippen molar-refractivity contribution in [2.75, 3.05) is 38.0 Å². The molecule has 1 aliphatic rings. The second-order valence-electron chi connectivity index (χ2n) is 7.88. The summed E-state index contributed by atoms with van der Waals surface area (Å²) in [5.74, 6) is 0.169. The van der Waals surface area contributed by atoms with Crippen molar-refractivity contribution in [3.8, 4) is 5.75 Å². The van der Waals surface area contributed by atoms with Crippen LogP contribution < -0.4 is 10.1 Å². The lowest BCUT2D eigenvalue weighted by Gasteiger charge is -2.33. The largest absolute Gasteiger partial charge is 0.478 e. The highest BCUT2D eigenvalue weighted by molar-refractivity contribution is 7.89. The number of hydrogen-bond donors (Lipinski definition) is 1. The van der Waals surface area contributed by atoms with E-state index in [0.29, 0.717) is 29.5 Å². The van der Waals surface area contributed by atoms with Gasteiger partial charge in [0.2, 0.25) is 10.0 Å². The van der Waals surface area contributed by atoms with E-state index < -0.39 is 15.6 Å². The van der Waals surface area contributed by atoms with Crippen molar-refractivity contribution in [2.45, 2.75) is 31.3 Å². The van der Waals surface area contributed by atoms with Gasteiger partial charge < -0.3 is 15.0 Å². The predicted octanol–water partition coefficient (Wildman–Crippen LogP) is 3.46. The van der Waals surface area contributed by atoms with Crippen LogP contribution in [0.4, 0.5) is 5.69 Å². The molecule has 1 fully saturated rings. The third-order valence-corrected chi connectivity index (χ3v) is 7.43. The molecule has 0 unspecified atom stereocenters. The summed E-state index contributed by atoms with van der Waals surface area (Å²) < 4.78 is 33.1. The number of ether oxygens (including phenoxy) is 1. The van der Waals surface area contributed by atoms with E-state index in [0.717, 1.165) is 19.6 Å². The van der Waals surface area contributed by atoms with Gasteiger partial charge in [-0.05, 0) is 68.9 Å². The van der Waals surface area contributed by atoms with Gasteiger partial charge in [-0.1, -0.05) is 18.5 Å². The summed E-state index contributed by atoms with van der Waals surface area (Å²) in [5, 5.41) is 3.36. The maximum absolute atomic E-state index is 12.9. The number of sulfonamides is 1. The number of hydrogen-bond acceptors (Lipinski definition) is 5. The minimum atomic E-state index is -3.55. The molecule has 2 aromatic carbocycles. The van der Waals surface area contributed by atoms with Crippen LogP contribution in [0.15, 0.2) is 53.4 Å². The van der Waals surface area contributed by atoms with E-state index in [1.54, 1.807) is 50.2 Å². The molecule has 1 heterocycles. The maximum atomic E-state index is 12.9. The molecule has 168 valence electrons. The molecular formula is C22H28ClN3O4S. The third kappa shape index (κ3) is 5.77. The van der Waals surface area contributed by atoms with Gasteiger partial charge in [0.05, 0.1) is 4.90 Å². The fourth-order valence-corrected chi connectivity index (χ4v) is 4.82. The zero-order chi connectivity index (χ0) is 22.6. The lowest BCUT2D eigenvalue weighted by Crippen LogP contribution is -2.48. The smallest absolute Gasteiger partial charge is 0.267 e. The number of halogens is 1. The Kier molecular flexibility index (Phi) is 7.26. The number of piperazine rings is 1. The molecular weight excluding hydrogens is 438 g/mol. The van der Waals surface area contributed by atoms with Gasteiger partial charge in [-0.2, -0.15) is 4.31 Å². The number of carbonyl (C=O) groups is 1. The van der Waals surface area contributed by atoms with Crippen LogP contribution in [0.3, 0.4) is 0 Å². The van der Waals surface area contributed by atoms with Gasteiger partial charge >= 0.3 is 0 Å². The van der Waals surface area contributed by atoms with Gasteiger partial charge in [-0.15, -0.1) is 0 Å². The average molecular weight is 466 g/mol. The lowest BCUT2D eigenvalue weighted by atomic mass is 10.1. The first kappa shape index (κ1) is 23.5. The van der Waals surface area contributed by atoms with Crippen LogP contribution >= 0.6 is 11.6 Å². The number of nitrogens with zero attached hydrogens (tertiary/aromatic N) is 2. The van der Waals surface area contributed by atoms with E-state index >= 15 is 0 Å². The molecule has 0 spiro atoms. The number of benzene rings is 2. The van der Waals surface area contributed by atoms with Crippen LogP contribution in [0, 0.1) is 0 Å². The van der Waals surface area contributed by atoms with Crippen LogP contribution in [-0.4, -0.2) is 61.9 Å². The number of nitrogens with one attached hydrogen (secondary N) is 1. The summed E-state index contributed by atoms with van der Waals surface area (Å²) in [7, 11) is -3.55. The van der Waals surface area contributed by atoms with Crippen molar-refractivity contribution in [1.29, 1.82) is 0 Å². The van der Waals surface area contributed by atoms with Gasteiger partial charge in [-0.3, -0.25) is 4.79 Å². The Labute approximate surface area is 189 Å². The van der Waals surface area contributed by atoms with Gasteiger partial charge in [0.15, 0.2) is 5.60 Å². The zero-order valence-electron chi connectivity index (χ0n) is 18.0. The Hall–Kier alpha value is -2.13. The summed E-state index contributed by atoms with van der Waals surface area (Å²) in [6.07, 6.45) is 0. The Morgan fingerprint density at radius 3 is 2.16 bits per heavy atom. The average Bonchev–Trinajstić information content (AvgIpc) is 2.75. The van der Waals surface area contributed by atoms with Crippen LogP contribution in [0.2, 0.25) is 5.02 Å². The minimum absolute atomic E-state index is 0.215. The van der Waals surface area contributed by atoms with E-state index in [1.165, 1.54) is 16.4 Å². The number of amides is 1.